The van der Waals surface area contributed by atoms with Gasteiger partial charge in [-0.15, -0.1) is 0 Å². The molecule has 0 radical (unpaired) electrons. The molecule has 0 unspecified atom stereocenters. The van der Waals surface area contributed by atoms with Gasteiger partial charge in [0.1, 0.15) is 5.82 Å². The Labute approximate surface area is 138 Å². The van der Waals surface area contributed by atoms with E-state index in [1.165, 1.54) is 25.3 Å². The van der Waals surface area contributed by atoms with Crippen molar-refractivity contribution in [2.24, 2.45) is 0 Å². The first kappa shape index (κ1) is 17.7. The van der Waals surface area contributed by atoms with Crippen molar-refractivity contribution in [3.8, 4) is 11.5 Å². The van der Waals surface area contributed by atoms with Crippen LogP contribution in [0.25, 0.3) is 12.2 Å². The van der Waals surface area contributed by atoms with Crippen LogP contribution in [0.5, 0.6) is 11.5 Å². The Hall–Kier alpha value is -2.70. The Morgan fingerprint density at radius 2 is 1.92 bits per heavy atom. The van der Waals surface area contributed by atoms with Crippen molar-refractivity contribution in [2.45, 2.75) is 26.4 Å². The highest BCUT2D eigenvalue weighted by molar-refractivity contribution is 5.69. The second-order valence-corrected chi connectivity index (χ2v) is 5.33. The van der Waals surface area contributed by atoms with E-state index in [0.29, 0.717) is 17.1 Å². The molecule has 0 aliphatic heterocycles. The van der Waals surface area contributed by atoms with Gasteiger partial charge in [0.15, 0.2) is 11.5 Å². The summed E-state index contributed by atoms with van der Waals surface area (Å²) in [5.74, 6) is 0.817. The maximum absolute atomic E-state index is 12.4. The number of halogens is 2. The molecular formula is C17H18F2N2O3. The molecule has 5 nitrogen and oxygen atoms in total. The van der Waals surface area contributed by atoms with Gasteiger partial charge in [-0.25, -0.2) is 4.98 Å². The molecule has 1 aromatic carbocycles. The number of rotatable bonds is 6. The minimum atomic E-state index is -2.94. The van der Waals surface area contributed by atoms with E-state index in [9.17, 15) is 13.6 Å². The quantitative estimate of drug-likeness (QED) is 0.874. The van der Waals surface area contributed by atoms with Crippen LogP contribution in [0, 0.1) is 0 Å². The smallest absolute Gasteiger partial charge is 0.387 e. The van der Waals surface area contributed by atoms with Crippen LogP contribution in [0.15, 0.2) is 29.1 Å². The van der Waals surface area contributed by atoms with E-state index < -0.39 is 6.61 Å². The molecule has 0 saturated heterocycles. The lowest BCUT2D eigenvalue weighted by Gasteiger charge is -2.10. The van der Waals surface area contributed by atoms with Gasteiger partial charge in [-0.1, -0.05) is 26.0 Å². The van der Waals surface area contributed by atoms with Crippen LogP contribution in [0.3, 0.4) is 0 Å². The van der Waals surface area contributed by atoms with Crippen LogP contribution >= 0.6 is 0 Å². The molecule has 0 aliphatic rings. The van der Waals surface area contributed by atoms with Gasteiger partial charge in [0.25, 0.3) is 5.56 Å². The minimum Gasteiger partial charge on any atom is -0.493 e. The molecule has 0 amide bonds. The number of aromatic amines is 1. The number of methoxy groups -OCH3 is 1. The molecular weight excluding hydrogens is 318 g/mol. The van der Waals surface area contributed by atoms with Gasteiger partial charge >= 0.3 is 6.61 Å². The first-order valence-corrected chi connectivity index (χ1v) is 7.31. The van der Waals surface area contributed by atoms with Crippen molar-refractivity contribution in [1.29, 1.82) is 0 Å². The monoisotopic (exact) mass is 336 g/mol. The minimum absolute atomic E-state index is 0.0589. The third kappa shape index (κ3) is 4.65. The predicted octanol–water partition coefficient (Wildman–Crippen LogP) is 3.67. The van der Waals surface area contributed by atoms with E-state index in [4.69, 9.17) is 4.74 Å². The van der Waals surface area contributed by atoms with Gasteiger partial charge in [-0.05, 0) is 23.8 Å². The van der Waals surface area contributed by atoms with Crippen LogP contribution in [-0.2, 0) is 0 Å². The summed E-state index contributed by atoms with van der Waals surface area (Å²) < 4.78 is 34.3. The third-order valence-electron chi connectivity index (χ3n) is 3.18. The van der Waals surface area contributed by atoms with Crippen LogP contribution in [0.4, 0.5) is 8.78 Å². The molecule has 2 rings (SSSR count). The summed E-state index contributed by atoms with van der Waals surface area (Å²) in [7, 11) is 1.37. The van der Waals surface area contributed by atoms with E-state index in [0.717, 1.165) is 0 Å². The fourth-order valence-electron chi connectivity index (χ4n) is 2.02. The summed E-state index contributed by atoms with van der Waals surface area (Å²) >= 11 is 0. The molecule has 0 spiro atoms. The number of alkyl halides is 2. The number of aromatic nitrogens is 2. The Kier molecular flexibility index (Phi) is 5.68. The molecule has 1 aromatic heterocycles. The summed E-state index contributed by atoms with van der Waals surface area (Å²) in [6.07, 6.45) is 3.29. The normalized spacial score (nSPS) is 11.5. The third-order valence-corrected chi connectivity index (χ3v) is 3.18. The number of ether oxygens (including phenoxy) is 2. The standard InChI is InChI=1S/C17H18F2N2O3/c1-10(2)16-20-12(9-15(22)21-16)6-4-11-5-7-13(23-3)14(8-11)24-17(18)19/h4-10,17H,1-3H3,(H,20,21,22)/b6-4+. The summed E-state index contributed by atoms with van der Waals surface area (Å²) in [5, 5.41) is 0. The summed E-state index contributed by atoms with van der Waals surface area (Å²) in [6.45, 7) is 0.896. The van der Waals surface area contributed by atoms with Gasteiger partial charge < -0.3 is 14.5 Å². The van der Waals surface area contributed by atoms with Crippen molar-refractivity contribution >= 4 is 12.2 Å². The first-order chi connectivity index (χ1) is 11.4. The number of nitrogens with one attached hydrogen (secondary N) is 1. The zero-order valence-corrected chi connectivity index (χ0v) is 13.5. The highest BCUT2D eigenvalue weighted by Gasteiger charge is 2.10. The van der Waals surface area contributed by atoms with Gasteiger partial charge in [0, 0.05) is 12.0 Å². The number of H-pyrrole nitrogens is 1. The second kappa shape index (κ2) is 7.72. The molecule has 0 atom stereocenters. The average molecular weight is 336 g/mol. The molecule has 1 heterocycles. The predicted molar refractivity (Wildman–Crippen MR) is 87.5 cm³/mol. The Bertz CT molecular complexity index is 786. The topological polar surface area (TPSA) is 64.2 Å². The molecule has 0 aliphatic carbocycles. The van der Waals surface area contributed by atoms with E-state index in [2.05, 4.69) is 14.7 Å². The fraction of sp³-hybridized carbons (Fsp3) is 0.294. The van der Waals surface area contributed by atoms with Crippen LogP contribution in [0.1, 0.15) is 36.8 Å². The highest BCUT2D eigenvalue weighted by Crippen LogP contribution is 2.30. The Morgan fingerprint density at radius 1 is 1.17 bits per heavy atom. The highest BCUT2D eigenvalue weighted by atomic mass is 19.3. The Morgan fingerprint density at radius 3 is 2.54 bits per heavy atom. The van der Waals surface area contributed by atoms with Gasteiger partial charge in [-0.3, -0.25) is 4.79 Å². The van der Waals surface area contributed by atoms with Crippen LogP contribution in [0.2, 0.25) is 0 Å². The lowest BCUT2D eigenvalue weighted by Crippen LogP contribution is -2.12. The molecule has 128 valence electrons. The van der Waals surface area contributed by atoms with Crippen molar-refractivity contribution in [3.05, 3.63) is 51.7 Å². The van der Waals surface area contributed by atoms with Crippen molar-refractivity contribution < 1.29 is 18.3 Å². The molecule has 1 N–H and O–H groups in total. The first-order valence-electron chi connectivity index (χ1n) is 7.31. The van der Waals surface area contributed by atoms with Gasteiger partial charge in [0.2, 0.25) is 0 Å². The van der Waals surface area contributed by atoms with Crippen LogP contribution < -0.4 is 15.0 Å². The zero-order valence-electron chi connectivity index (χ0n) is 13.5. The van der Waals surface area contributed by atoms with Gasteiger partial charge in [0.05, 0.1) is 12.8 Å². The van der Waals surface area contributed by atoms with E-state index in [1.807, 2.05) is 13.8 Å². The second-order valence-electron chi connectivity index (χ2n) is 5.33. The number of hydrogen-bond donors (Lipinski definition) is 1. The average Bonchev–Trinajstić information content (AvgIpc) is 2.52. The number of nitrogens with zero attached hydrogens (tertiary/aromatic N) is 1. The number of hydrogen-bond acceptors (Lipinski definition) is 4. The maximum atomic E-state index is 12.4. The van der Waals surface area contributed by atoms with Crippen molar-refractivity contribution in [1.82, 2.24) is 9.97 Å². The maximum Gasteiger partial charge on any atom is 0.387 e. The molecule has 2 aromatic rings. The molecule has 7 heteroatoms. The van der Waals surface area contributed by atoms with Crippen LogP contribution in [-0.4, -0.2) is 23.7 Å². The van der Waals surface area contributed by atoms with Gasteiger partial charge in [-0.2, -0.15) is 8.78 Å². The largest absolute Gasteiger partial charge is 0.493 e. The lowest BCUT2D eigenvalue weighted by molar-refractivity contribution is -0.0512. The van der Waals surface area contributed by atoms with E-state index in [-0.39, 0.29) is 23.0 Å². The summed E-state index contributed by atoms with van der Waals surface area (Å²) in [6, 6.07) is 6.01. The fourth-order valence-corrected chi connectivity index (χ4v) is 2.02. The zero-order chi connectivity index (χ0) is 17.7. The van der Waals surface area contributed by atoms with Crippen molar-refractivity contribution in [2.75, 3.05) is 7.11 Å². The van der Waals surface area contributed by atoms with Crippen molar-refractivity contribution in [3.63, 3.8) is 0 Å². The SMILES string of the molecule is COc1ccc(/C=C/c2cc(=O)[nH]c(C(C)C)n2)cc1OC(F)F. The van der Waals surface area contributed by atoms with E-state index in [1.54, 1.807) is 18.2 Å². The summed E-state index contributed by atoms with van der Waals surface area (Å²) in [4.78, 5) is 18.6. The molecule has 0 saturated carbocycles. The Balaban J connectivity index is 2.30. The molecule has 0 fully saturated rings. The number of benzene rings is 1. The lowest BCUT2D eigenvalue weighted by atomic mass is 10.1. The summed E-state index contributed by atoms with van der Waals surface area (Å²) in [5.41, 5.74) is 0.846. The molecule has 0 bridgehead atoms. The van der Waals surface area contributed by atoms with E-state index >= 15 is 0 Å². The molecule has 24 heavy (non-hydrogen) atoms.